The first-order valence-corrected chi connectivity index (χ1v) is 6.86. The van der Waals surface area contributed by atoms with Gasteiger partial charge in [-0.25, -0.2) is 15.8 Å². The minimum atomic E-state index is 0.447. The second kappa shape index (κ2) is 5.71. The number of anilines is 2. The van der Waals surface area contributed by atoms with Crippen LogP contribution in [0.5, 0.6) is 0 Å². The standard InChI is InChI=1S/C13H24N6/c1-5-11-15-12(17-14)10(3)13(16-11)19-7-6-18(4)8-9(19)2/h9H,5-8,14H2,1-4H3,(H,15,16,17). The van der Waals surface area contributed by atoms with Crippen molar-refractivity contribution in [2.24, 2.45) is 5.84 Å². The van der Waals surface area contributed by atoms with E-state index in [1.807, 2.05) is 6.92 Å². The summed E-state index contributed by atoms with van der Waals surface area (Å²) in [4.78, 5) is 13.8. The fourth-order valence-electron chi connectivity index (χ4n) is 2.58. The van der Waals surface area contributed by atoms with Crippen molar-refractivity contribution in [2.75, 3.05) is 37.0 Å². The van der Waals surface area contributed by atoms with Crippen LogP contribution in [-0.4, -0.2) is 47.6 Å². The molecule has 2 heterocycles. The van der Waals surface area contributed by atoms with E-state index in [0.29, 0.717) is 6.04 Å². The zero-order valence-corrected chi connectivity index (χ0v) is 12.3. The highest BCUT2D eigenvalue weighted by atomic mass is 15.3. The zero-order chi connectivity index (χ0) is 14.0. The summed E-state index contributed by atoms with van der Waals surface area (Å²) >= 11 is 0. The second-order valence-electron chi connectivity index (χ2n) is 5.24. The second-order valence-corrected chi connectivity index (χ2v) is 5.24. The van der Waals surface area contributed by atoms with E-state index in [-0.39, 0.29) is 0 Å². The number of likely N-dealkylation sites (N-methyl/N-ethyl adjacent to an activating group) is 1. The first-order chi connectivity index (χ1) is 9.06. The lowest BCUT2D eigenvalue weighted by Gasteiger charge is -2.39. The number of nitrogens with one attached hydrogen (secondary N) is 1. The Morgan fingerprint density at radius 3 is 2.68 bits per heavy atom. The van der Waals surface area contributed by atoms with Crippen LogP contribution in [0.4, 0.5) is 11.6 Å². The molecular formula is C13H24N6. The van der Waals surface area contributed by atoms with Gasteiger partial charge < -0.3 is 15.2 Å². The molecule has 1 fully saturated rings. The van der Waals surface area contributed by atoms with Crippen LogP contribution in [0.25, 0.3) is 0 Å². The predicted molar refractivity (Wildman–Crippen MR) is 78.3 cm³/mol. The lowest BCUT2D eigenvalue weighted by molar-refractivity contribution is 0.274. The largest absolute Gasteiger partial charge is 0.351 e. The maximum Gasteiger partial charge on any atom is 0.148 e. The molecule has 2 rings (SSSR count). The van der Waals surface area contributed by atoms with Gasteiger partial charge >= 0.3 is 0 Å². The van der Waals surface area contributed by atoms with Gasteiger partial charge in [0.15, 0.2) is 0 Å². The molecule has 0 aliphatic carbocycles. The number of rotatable bonds is 3. The number of aromatic nitrogens is 2. The van der Waals surface area contributed by atoms with Gasteiger partial charge in [-0.1, -0.05) is 6.92 Å². The van der Waals surface area contributed by atoms with Crippen LogP contribution >= 0.6 is 0 Å². The maximum atomic E-state index is 5.56. The van der Waals surface area contributed by atoms with Gasteiger partial charge in [-0.05, 0) is 20.9 Å². The van der Waals surface area contributed by atoms with Gasteiger partial charge in [0.2, 0.25) is 0 Å². The fraction of sp³-hybridized carbons (Fsp3) is 0.692. The Hall–Kier alpha value is -1.40. The Balaban J connectivity index is 2.37. The molecule has 1 aromatic rings. The average Bonchev–Trinajstić information content (AvgIpc) is 2.40. The third-order valence-electron chi connectivity index (χ3n) is 3.72. The van der Waals surface area contributed by atoms with Crippen LogP contribution < -0.4 is 16.2 Å². The number of hydrogen-bond acceptors (Lipinski definition) is 6. The molecule has 0 saturated carbocycles. The van der Waals surface area contributed by atoms with E-state index in [2.05, 4.69) is 41.1 Å². The molecular weight excluding hydrogens is 240 g/mol. The highest BCUT2D eigenvalue weighted by Gasteiger charge is 2.25. The van der Waals surface area contributed by atoms with Crippen molar-refractivity contribution in [1.82, 2.24) is 14.9 Å². The highest BCUT2D eigenvalue weighted by Crippen LogP contribution is 2.26. The number of aryl methyl sites for hydroxylation is 1. The molecule has 1 aliphatic heterocycles. The molecule has 1 saturated heterocycles. The Morgan fingerprint density at radius 2 is 2.11 bits per heavy atom. The van der Waals surface area contributed by atoms with E-state index in [0.717, 1.165) is 49.1 Å². The summed E-state index contributed by atoms with van der Waals surface area (Å²) in [6, 6.07) is 0.447. The average molecular weight is 264 g/mol. The number of hydrogen-bond donors (Lipinski definition) is 2. The summed E-state index contributed by atoms with van der Waals surface area (Å²) in [7, 11) is 2.16. The number of piperazine rings is 1. The van der Waals surface area contributed by atoms with Crippen molar-refractivity contribution in [1.29, 1.82) is 0 Å². The Bertz CT molecular complexity index is 447. The molecule has 0 spiro atoms. The van der Waals surface area contributed by atoms with Gasteiger partial charge in [-0.2, -0.15) is 0 Å². The van der Waals surface area contributed by atoms with Crippen LogP contribution in [0.15, 0.2) is 0 Å². The number of nitrogens with zero attached hydrogens (tertiary/aromatic N) is 4. The third kappa shape index (κ3) is 2.79. The van der Waals surface area contributed by atoms with Gasteiger partial charge in [-0.15, -0.1) is 0 Å². The lowest BCUT2D eigenvalue weighted by Crippen LogP contribution is -2.51. The highest BCUT2D eigenvalue weighted by molar-refractivity contribution is 5.59. The normalized spacial score (nSPS) is 20.7. The molecule has 0 bridgehead atoms. The molecule has 3 N–H and O–H groups in total. The van der Waals surface area contributed by atoms with Crippen molar-refractivity contribution in [3.63, 3.8) is 0 Å². The van der Waals surface area contributed by atoms with Crippen molar-refractivity contribution in [2.45, 2.75) is 33.2 Å². The summed E-state index contributed by atoms with van der Waals surface area (Å²) < 4.78 is 0. The van der Waals surface area contributed by atoms with Crippen molar-refractivity contribution < 1.29 is 0 Å². The van der Waals surface area contributed by atoms with Crippen LogP contribution in [0.2, 0.25) is 0 Å². The van der Waals surface area contributed by atoms with Crippen LogP contribution in [0.3, 0.4) is 0 Å². The van der Waals surface area contributed by atoms with Crippen LogP contribution in [-0.2, 0) is 6.42 Å². The van der Waals surface area contributed by atoms with Gasteiger partial charge in [0.05, 0.1) is 0 Å². The van der Waals surface area contributed by atoms with Crippen molar-refractivity contribution in [3.05, 3.63) is 11.4 Å². The molecule has 1 aromatic heterocycles. The number of hydrazine groups is 1. The monoisotopic (exact) mass is 264 g/mol. The lowest BCUT2D eigenvalue weighted by atomic mass is 10.1. The summed E-state index contributed by atoms with van der Waals surface area (Å²) in [5.74, 6) is 8.14. The van der Waals surface area contributed by atoms with E-state index >= 15 is 0 Å². The third-order valence-corrected chi connectivity index (χ3v) is 3.72. The van der Waals surface area contributed by atoms with Crippen molar-refractivity contribution >= 4 is 11.6 Å². The van der Waals surface area contributed by atoms with E-state index in [1.54, 1.807) is 0 Å². The van der Waals surface area contributed by atoms with Crippen LogP contribution in [0, 0.1) is 6.92 Å². The minimum absolute atomic E-state index is 0.447. The molecule has 106 valence electrons. The molecule has 1 unspecified atom stereocenters. The Labute approximate surface area is 115 Å². The first-order valence-electron chi connectivity index (χ1n) is 6.86. The molecule has 0 amide bonds. The summed E-state index contributed by atoms with van der Waals surface area (Å²) in [6.07, 6.45) is 0.810. The van der Waals surface area contributed by atoms with E-state index in [9.17, 15) is 0 Å². The van der Waals surface area contributed by atoms with Crippen LogP contribution in [0.1, 0.15) is 25.2 Å². The molecule has 1 atom stereocenters. The van der Waals surface area contributed by atoms with E-state index in [1.165, 1.54) is 0 Å². The molecule has 0 radical (unpaired) electrons. The smallest absolute Gasteiger partial charge is 0.148 e. The maximum absolute atomic E-state index is 5.56. The first kappa shape index (κ1) is 14.0. The Kier molecular flexibility index (Phi) is 4.21. The quantitative estimate of drug-likeness (QED) is 0.621. The topological polar surface area (TPSA) is 70.3 Å². The number of nitrogens with two attached hydrogens (primary N) is 1. The van der Waals surface area contributed by atoms with Gasteiger partial charge in [0, 0.05) is 37.7 Å². The zero-order valence-electron chi connectivity index (χ0n) is 12.3. The molecule has 1 aliphatic rings. The number of nitrogen functional groups attached to an aromatic ring is 1. The van der Waals surface area contributed by atoms with Gasteiger partial charge in [0.25, 0.3) is 0 Å². The molecule has 6 heteroatoms. The SMILES string of the molecule is CCc1nc(NN)c(C)c(N2CCN(C)CC2C)n1. The Morgan fingerprint density at radius 1 is 1.37 bits per heavy atom. The summed E-state index contributed by atoms with van der Waals surface area (Å²) in [6.45, 7) is 9.41. The van der Waals surface area contributed by atoms with E-state index in [4.69, 9.17) is 10.8 Å². The van der Waals surface area contributed by atoms with Gasteiger partial charge in [0.1, 0.15) is 17.5 Å². The predicted octanol–water partition coefficient (Wildman–Crippen LogP) is 0.773. The summed E-state index contributed by atoms with van der Waals surface area (Å²) in [5, 5.41) is 0. The summed E-state index contributed by atoms with van der Waals surface area (Å²) in [5.41, 5.74) is 3.71. The molecule has 19 heavy (non-hydrogen) atoms. The fourth-order valence-corrected chi connectivity index (χ4v) is 2.58. The van der Waals surface area contributed by atoms with E-state index < -0.39 is 0 Å². The minimum Gasteiger partial charge on any atom is -0.351 e. The molecule has 0 aromatic carbocycles. The van der Waals surface area contributed by atoms with Gasteiger partial charge in [-0.3, -0.25) is 0 Å². The van der Waals surface area contributed by atoms with Crippen molar-refractivity contribution in [3.8, 4) is 0 Å². The molecule has 6 nitrogen and oxygen atoms in total.